The molecular weight excluding hydrogens is 658 g/mol. The molecule has 0 saturated carbocycles. The Hall–Kier alpha value is -3.28. The number of hydrogen-bond donors (Lipinski definition) is 1. The van der Waals surface area contributed by atoms with Crippen molar-refractivity contribution in [3.63, 3.8) is 0 Å². The van der Waals surface area contributed by atoms with Crippen molar-refractivity contribution in [3.05, 3.63) is 17.5 Å². The molecule has 17 heteroatoms. The Balaban J connectivity index is 0.000000417. The summed E-state index contributed by atoms with van der Waals surface area (Å²) in [5, 5.41) is 4.60. The lowest BCUT2D eigenvalue weighted by Crippen LogP contribution is -2.50. The minimum Gasteiger partial charge on any atom is -0.724 e. The minimum atomic E-state index is -5.21. The third kappa shape index (κ3) is 12.2. The van der Waals surface area contributed by atoms with Gasteiger partial charge in [0.25, 0.3) is 0 Å². The molecule has 1 saturated heterocycles. The summed E-state index contributed by atoms with van der Waals surface area (Å²) in [5.41, 5.74) is 3.27. The van der Waals surface area contributed by atoms with Crippen molar-refractivity contribution < 1.29 is 45.7 Å². The molecule has 2 amide bonds. The second-order valence-electron chi connectivity index (χ2n) is 12.4. The number of esters is 1. The van der Waals surface area contributed by atoms with E-state index in [1.54, 1.807) is 14.0 Å². The lowest BCUT2D eigenvalue weighted by atomic mass is 9.97. The fraction of sp³-hybridized carbons (Fsp3) is 0.781. The molecule has 280 valence electrons. The van der Waals surface area contributed by atoms with Gasteiger partial charge in [0.05, 0.1) is 64.1 Å². The number of carbonyl (C=O) groups is 3. The topological polar surface area (TPSA) is 185 Å². The highest BCUT2D eigenvalue weighted by atomic mass is 32.3. The van der Waals surface area contributed by atoms with Gasteiger partial charge in [0.15, 0.2) is 5.84 Å². The van der Waals surface area contributed by atoms with Crippen LogP contribution < -0.4 is 5.48 Å². The first kappa shape index (κ1) is 41.9. The maximum absolute atomic E-state index is 12.8. The van der Waals surface area contributed by atoms with Gasteiger partial charge in [0.1, 0.15) is 12.1 Å². The zero-order chi connectivity index (χ0) is 36.6. The van der Waals surface area contributed by atoms with Crippen LogP contribution in [0.15, 0.2) is 11.2 Å². The number of amidine groups is 1. The predicted octanol–water partition coefficient (Wildman–Crippen LogP) is 4.07. The summed E-state index contributed by atoms with van der Waals surface area (Å²) in [5.74, 6) is -1.30. The Labute approximate surface area is 291 Å². The van der Waals surface area contributed by atoms with E-state index in [4.69, 9.17) is 9.57 Å². The Morgan fingerprint density at radius 1 is 0.980 bits per heavy atom. The Morgan fingerprint density at radius 2 is 1.51 bits per heavy atom. The maximum atomic E-state index is 12.8. The Bertz CT molecular complexity index is 1310. The van der Waals surface area contributed by atoms with Crippen LogP contribution >= 0.6 is 0 Å². The van der Waals surface area contributed by atoms with Crippen molar-refractivity contribution in [2.45, 2.75) is 111 Å². The fourth-order valence-electron chi connectivity index (χ4n) is 6.17. The average molecular weight is 716 g/mol. The number of aromatic nitrogens is 2. The molecule has 3 rings (SSSR count). The van der Waals surface area contributed by atoms with Crippen molar-refractivity contribution in [2.75, 3.05) is 46.4 Å². The van der Waals surface area contributed by atoms with E-state index < -0.39 is 40.5 Å². The van der Waals surface area contributed by atoms with Crippen LogP contribution in [0, 0.1) is 0 Å². The third-order valence-corrected chi connectivity index (χ3v) is 9.10. The number of hydroxylamine groups is 3. The van der Waals surface area contributed by atoms with Crippen LogP contribution in [0.2, 0.25) is 0 Å². The van der Waals surface area contributed by atoms with E-state index in [0.29, 0.717) is 16.3 Å². The number of nitrogens with one attached hydrogen (secondary N) is 1. The molecule has 0 unspecified atom stereocenters. The van der Waals surface area contributed by atoms with Gasteiger partial charge in [-0.15, -0.1) is 0 Å². The van der Waals surface area contributed by atoms with Crippen LogP contribution in [-0.4, -0.2) is 107 Å². The predicted molar refractivity (Wildman–Crippen MR) is 181 cm³/mol. The summed E-state index contributed by atoms with van der Waals surface area (Å²) in [6.45, 7) is 16.8. The average Bonchev–Trinajstić information content (AvgIpc) is 3.58. The highest BCUT2D eigenvalue weighted by molar-refractivity contribution is 7.80. The fourth-order valence-corrected chi connectivity index (χ4v) is 6.53. The number of hydrogen-bond acceptors (Lipinski definition) is 11. The van der Waals surface area contributed by atoms with Gasteiger partial charge in [0.2, 0.25) is 10.4 Å². The molecule has 1 aromatic rings. The zero-order valence-electron chi connectivity index (χ0n) is 30.3. The van der Waals surface area contributed by atoms with Crippen LogP contribution in [0.3, 0.4) is 0 Å². The summed E-state index contributed by atoms with van der Waals surface area (Å²) in [4.78, 5) is 46.4. The lowest BCUT2D eigenvalue weighted by Gasteiger charge is -2.39. The minimum absolute atomic E-state index is 0.0259. The number of nitrogens with zero attached hydrogens (tertiary/aromatic N) is 6. The molecule has 3 heterocycles. The van der Waals surface area contributed by atoms with Gasteiger partial charge in [-0.1, -0.05) is 53.4 Å². The number of ether oxygens (including phenoxy) is 1. The second-order valence-corrected chi connectivity index (χ2v) is 13.4. The van der Waals surface area contributed by atoms with Crippen molar-refractivity contribution in [1.82, 2.24) is 25.2 Å². The lowest BCUT2D eigenvalue weighted by molar-refractivity contribution is -0.929. The summed E-state index contributed by atoms with van der Waals surface area (Å²) in [6.07, 6.45) is 12.0. The van der Waals surface area contributed by atoms with Gasteiger partial charge >= 0.3 is 18.0 Å². The van der Waals surface area contributed by atoms with Crippen molar-refractivity contribution in [2.24, 2.45) is 12.0 Å². The summed E-state index contributed by atoms with van der Waals surface area (Å²) in [6, 6.07) is -2.74. The summed E-state index contributed by atoms with van der Waals surface area (Å²) < 4.78 is 45.3. The molecule has 0 spiro atoms. The molecule has 0 aliphatic carbocycles. The quantitative estimate of drug-likeness (QED) is 0.0414. The molecule has 2 atom stereocenters. The first-order chi connectivity index (χ1) is 23.3. The second kappa shape index (κ2) is 20.4. The van der Waals surface area contributed by atoms with E-state index in [9.17, 15) is 27.4 Å². The Morgan fingerprint density at radius 3 is 1.98 bits per heavy atom. The molecule has 2 aliphatic heterocycles. The van der Waals surface area contributed by atoms with Crippen LogP contribution in [0.1, 0.15) is 122 Å². The molecule has 2 bridgehead atoms. The number of quaternary nitrogens is 1. The maximum Gasteiger partial charge on any atom is 0.346 e. The van der Waals surface area contributed by atoms with Gasteiger partial charge < -0.3 is 23.5 Å². The normalized spacial score (nSPS) is 17.4. The number of fused-ring (bicyclic) bond motifs is 4. The Kier molecular flexibility index (Phi) is 17.4. The molecule has 0 radical (unpaired) electrons. The van der Waals surface area contributed by atoms with Crippen molar-refractivity contribution in [1.29, 1.82) is 0 Å². The number of urea groups is 1. The number of aliphatic imine (C=N–C) groups is 1. The SMILES string of the molecule is CCCC[N+](CCCC)(CCCC)CCCC.CCOC(=O)CCC(=O)ONC(=NC)[C@@H]1c2c(cnn2C)[C@@H]2CN1C(=O)N2OS(=O)(=O)[O-]. The van der Waals surface area contributed by atoms with E-state index in [2.05, 4.69) is 47.5 Å². The molecule has 49 heavy (non-hydrogen) atoms. The van der Waals surface area contributed by atoms with E-state index in [0.717, 1.165) is 0 Å². The smallest absolute Gasteiger partial charge is 0.346 e. The highest BCUT2D eigenvalue weighted by Gasteiger charge is 2.52. The van der Waals surface area contributed by atoms with Gasteiger partial charge in [-0.3, -0.25) is 14.5 Å². The van der Waals surface area contributed by atoms with Gasteiger partial charge in [0, 0.05) is 19.7 Å². The number of aryl methyl sites for hydroxylation is 1. The third-order valence-electron chi connectivity index (χ3n) is 8.75. The van der Waals surface area contributed by atoms with Crippen molar-refractivity contribution >= 4 is 34.2 Å². The first-order valence-corrected chi connectivity index (χ1v) is 18.8. The first-order valence-electron chi connectivity index (χ1n) is 17.5. The molecule has 0 aromatic carbocycles. The van der Waals surface area contributed by atoms with Crippen LogP contribution in [0.5, 0.6) is 0 Å². The largest absolute Gasteiger partial charge is 0.724 e. The highest BCUT2D eigenvalue weighted by Crippen LogP contribution is 2.44. The van der Waals surface area contributed by atoms with E-state index in [1.807, 2.05) is 0 Å². The van der Waals surface area contributed by atoms with Gasteiger partial charge in [-0.25, -0.2) is 23.5 Å². The van der Waals surface area contributed by atoms with E-state index >= 15 is 0 Å². The van der Waals surface area contributed by atoms with Crippen molar-refractivity contribution in [3.8, 4) is 0 Å². The van der Waals surface area contributed by atoms with E-state index in [1.165, 1.54) is 105 Å². The number of carbonyl (C=O) groups excluding carboxylic acids is 3. The molecule has 1 fully saturated rings. The summed E-state index contributed by atoms with van der Waals surface area (Å²) in [7, 11) is -2.23. The van der Waals surface area contributed by atoms with Crippen LogP contribution in [-0.2, 0) is 40.9 Å². The van der Waals surface area contributed by atoms with Crippen LogP contribution in [0.25, 0.3) is 0 Å². The van der Waals surface area contributed by atoms with Crippen LogP contribution in [0.4, 0.5) is 4.79 Å². The standard InChI is InChI=1S/C16H22N6O9S.C16H36N/c1-4-29-11(23)5-6-12(24)30-19-15(17-2)14-13-9(7-18-20(13)3)10-8-21(14)16(25)22(10)31-32(26,27)28;1-5-9-13-17(14-10-6-2,15-11-7-3)16-12-8-4/h7,10,14H,4-6,8H2,1-3H3,(H,17,19)(H,26,27,28);5-16H2,1-4H3/q;+1/p-1/t10-,14-;/m0./s1. The molecule has 2 aliphatic rings. The molecule has 16 nitrogen and oxygen atoms in total. The monoisotopic (exact) mass is 715 g/mol. The van der Waals surface area contributed by atoms with Gasteiger partial charge in [-0.05, 0) is 32.6 Å². The molecule has 1 aromatic heterocycles. The number of rotatable bonds is 19. The zero-order valence-corrected chi connectivity index (χ0v) is 31.1. The van der Waals surface area contributed by atoms with E-state index in [-0.39, 0.29) is 31.8 Å². The summed E-state index contributed by atoms with van der Waals surface area (Å²) >= 11 is 0. The number of amides is 2. The number of unbranched alkanes of at least 4 members (excludes halogenated alkanes) is 4. The molecule has 1 N–H and O–H groups in total. The molecular formula is C32H57N7O9S. The van der Waals surface area contributed by atoms with Gasteiger partial charge in [-0.2, -0.15) is 14.4 Å².